The van der Waals surface area contributed by atoms with Crippen LogP contribution in [0.25, 0.3) is 11.1 Å². The van der Waals surface area contributed by atoms with Gasteiger partial charge in [0, 0.05) is 30.9 Å². The summed E-state index contributed by atoms with van der Waals surface area (Å²) in [4.78, 5) is 28.8. The van der Waals surface area contributed by atoms with Gasteiger partial charge in [-0.2, -0.15) is 0 Å². The number of ether oxygens (including phenoxy) is 1. The number of aliphatic carboxylic acids is 1. The Bertz CT molecular complexity index is 1160. The molecule has 1 aliphatic heterocycles. The van der Waals surface area contributed by atoms with Crippen LogP contribution in [0.15, 0.2) is 53.3 Å². The summed E-state index contributed by atoms with van der Waals surface area (Å²) in [6.45, 7) is 2.11. The number of anilines is 1. The molecule has 2 unspecified atom stereocenters. The van der Waals surface area contributed by atoms with E-state index in [1.807, 2.05) is 31.2 Å². The normalized spacial score (nSPS) is 19.1. The van der Waals surface area contributed by atoms with Gasteiger partial charge in [0.1, 0.15) is 23.8 Å². The third kappa shape index (κ3) is 6.89. The molecule has 0 spiro atoms. The van der Waals surface area contributed by atoms with Crippen LogP contribution < -0.4 is 45.3 Å². The van der Waals surface area contributed by atoms with Gasteiger partial charge in [-0.25, -0.2) is 9.37 Å². The van der Waals surface area contributed by atoms with E-state index in [0.29, 0.717) is 16.7 Å². The van der Waals surface area contributed by atoms with E-state index in [2.05, 4.69) is 15.6 Å². The standard InChI is InChI=1S/C25H28FN3O5.Na/c1-15-5-2-3-6-18(15)29-23(16-8-9-19-21(11-16)34-14-28-19)24(32)25(20-12-17(26)13-27-20)33-10-4-7-22(30)31;/h2-3,5-6,8-9,11,14,17,20,23,25,27,29H,4,7,10,12-13H2,1H3,(H,30,31);/q;+1/p-1/t17-,20-,23?,25?;/m0./s1. The third-order valence-corrected chi connectivity index (χ3v) is 6.00. The average Bonchev–Trinajstić information content (AvgIpc) is 3.46. The molecule has 1 aromatic heterocycles. The topological polar surface area (TPSA) is 117 Å². The number of halogens is 1. The number of nitrogens with one attached hydrogen (secondary N) is 2. The molecule has 1 saturated heterocycles. The number of Topliss-reactive ketones (excluding diaryl/α,β-unsaturated/α-hetero) is 1. The molecule has 4 atom stereocenters. The van der Waals surface area contributed by atoms with Crippen molar-refractivity contribution < 1.29 is 57.8 Å². The van der Waals surface area contributed by atoms with Crippen LogP contribution in [0.3, 0.4) is 0 Å². The fourth-order valence-corrected chi connectivity index (χ4v) is 4.20. The van der Waals surface area contributed by atoms with E-state index in [9.17, 15) is 19.1 Å². The van der Waals surface area contributed by atoms with E-state index in [-0.39, 0.29) is 67.8 Å². The third-order valence-electron chi connectivity index (χ3n) is 6.00. The van der Waals surface area contributed by atoms with Crippen LogP contribution in [-0.4, -0.2) is 48.2 Å². The molecule has 1 fully saturated rings. The molecular formula is C25H27FN3NaO5. The second-order valence-corrected chi connectivity index (χ2v) is 8.49. The number of hydrogen-bond donors (Lipinski definition) is 2. The zero-order valence-corrected chi connectivity index (χ0v) is 21.8. The summed E-state index contributed by atoms with van der Waals surface area (Å²) in [6, 6.07) is 11.6. The Hall–Kier alpha value is -2.30. The fraction of sp³-hybridized carbons (Fsp3) is 0.400. The van der Waals surface area contributed by atoms with Crippen LogP contribution >= 0.6 is 0 Å². The summed E-state index contributed by atoms with van der Waals surface area (Å²) < 4.78 is 25.3. The molecule has 8 nitrogen and oxygen atoms in total. The monoisotopic (exact) mass is 491 g/mol. The summed E-state index contributed by atoms with van der Waals surface area (Å²) in [5.74, 6) is -1.48. The van der Waals surface area contributed by atoms with Gasteiger partial charge >= 0.3 is 29.6 Å². The molecule has 180 valence electrons. The molecule has 2 N–H and O–H groups in total. The summed E-state index contributed by atoms with van der Waals surface area (Å²) in [7, 11) is 0. The van der Waals surface area contributed by atoms with Crippen molar-refractivity contribution >= 4 is 28.5 Å². The molecule has 4 rings (SSSR count). The number of aromatic nitrogens is 1. The maximum absolute atomic E-state index is 14.0. The van der Waals surface area contributed by atoms with Gasteiger partial charge in [0.2, 0.25) is 0 Å². The second-order valence-electron chi connectivity index (χ2n) is 8.49. The number of ketones is 1. The van der Waals surface area contributed by atoms with Gasteiger partial charge in [-0.05, 0) is 55.5 Å². The van der Waals surface area contributed by atoms with Crippen LogP contribution in [0.1, 0.15) is 36.4 Å². The number of carboxylic acids is 1. The summed E-state index contributed by atoms with van der Waals surface area (Å²) in [5.41, 5.74) is 3.58. The van der Waals surface area contributed by atoms with Crippen LogP contribution in [0.5, 0.6) is 0 Å². The first-order valence-corrected chi connectivity index (χ1v) is 11.3. The number of oxazole rings is 1. The van der Waals surface area contributed by atoms with E-state index in [4.69, 9.17) is 9.15 Å². The van der Waals surface area contributed by atoms with Crippen LogP contribution in [0.4, 0.5) is 10.1 Å². The van der Waals surface area contributed by atoms with E-state index < -0.39 is 30.3 Å². The first kappa shape index (κ1) is 27.3. The van der Waals surface area contributed by atoms with Gasteiger partial charge in [-0.15, -0.1) is 0 Å². The number of aryl methyl sites for hydroxylation is 1. The van der Waals surface area contributed by atoms with Crippen LogP contribution in [0, 0.1) is 6.92 Å². The Morgan fingerprint density at radius 2 is 2.11 bits per heavy atom. The van der Waals surface area contributed by atoms with Crippen molar-refractivity contribution in [3.05, 3.63) is 60.0 Å². The molecular weight excluding hydrogens is 464 g/mol. The molecule has 0 radical (unpaired) electrons. The minimum absolute atomic E-state index is 0. The maximum atomic E-state index is 14.0. The Morgan fingerprint density at radius 3 is 2.83 bits per heavy atom. The number of carbonyl (C=O) groups excluding carboxylic acids is 2. The quantitative estimate of drug-likeness (QED) is 0.272. The molecule has 0 amide bonds. The van der Waals surface area contributed by atoms with Crippen molar-refractivity contribution in [2.24, 2.45) is 0 Å². The van der Waals surface area contributed by atoms with Crippen molar-refractivity contribution in [1.29, 1.82) is 0 Å². The molecule has 0 bridgehead atoms. The zero-order valence-electron chi connectivity index (χ0n) is 19.8. The number of alkyl halides is 1. The number of carbonyl (C=O) groups is 2. The van der Waals surface area contributed by atoms with Gasteiger partial charge in [-0.1, -0.05) is 24.3 Å². The van der Waals surface area contributed by atoms with E-state index in [0.717, 1.165) is 11.3 Å². The minimum Gasteiger partial charge on any atom is -0.550 e. The second kappa shape index (κ2) is 12.6. The van der Waals surface area contributed by atoms with Crippen molar-refractivity contribution in [3.63, 3.8) is 0 Å². The summed E-state index contributed by atoms with van der Waals surface area (Å²) in [5, 5.41) is 17.1. The van der Waals surface area contributed by atoms with Crippen molar-refractivity contribution in [3.8, 4) is 0 Å². The zero-order chi connectivity index (χ0) is 24.1. The van der Waals surface area contributed by atoms with Crippen molar-refractivity contribution in [2.45, 2.75) is 50.5 Å². The number of rotatable bonds is 11. The molecule has 0 saturated carbocycles. The molecule has 2 heterocycles. The van der Waals surface area contributed by atoms with Gasteiger partial charge in [0.15, 0.2) is 17.8 Å². The van der Waals surface area contributed by atoms with Crippen LogP contribution in [0.2, 0.25) is 0 Å². The number of nitrogens with zero attached hydrogens (tertiary/aromatic N) is 1. The maximum Gasteiger partial charge on any atom is 1.00 e. The predicted octanol–water partition coefficient (Wildman–Crippen LogP) is -0.522. The van der Waals surface area contributed by atoms with Gasteiger partial charge < -0.3 is 29.7 Å². The predicted molar refractivity (Wildman–Crippen MR) is 122 cm³/mol. The molecule has 2 aromatic carbocycles. The largest absolute Gasteiger partial charge is 1.00 e. The number of hydrogen-bond acceptors (Lipinski definition) is 8. The van der Waals surface area contributed by atoms with E-state index in [1.165, 1.54) is 6.39 Å². The summed E-state index contributed by atoms with van der Waals surface area (Å²) >= 11 is 0. The fourth-order valence-electron chi connectivity index (χ4n) is 4.20. The molecule has 10 heteroatoms. The smallest absolute Gasteiger partial charge is 0.550 e. The van der Waals surface area contributed by atoms with Crippen LogP contribution in [-0.2, 0) is 14.3 Å². The van der Waals surface area contributed by atoms with Gasteiger partial charge in [0.25, 0.3) is 0 Å². The molecule has 35 heavy (non-hydrogen) atoms. The van der Waals surface area contributed by atoms with Gasteiger partial charge in [-0.3, -0.25) is 4.79 Å². The Balaban J connectivity index is 0.00000342. The number of benzene rings is 2. The molecule has 0 aliphatic carbocycles. The van der Waals surface area contributed by atoms with E-state index >= 15 is 0 Å². The summed E-state index contributed by atoms with van der Waals surface area (Å²) in [6.07, 6.45) is -0.576. The number of fused-ring (bicyclic) bond motifs is 1. The first-order chi connectivity index (χ1) is 16.4. The van der Waals surface area contributed by atoms with Crippen molar-refractivity contribution in [1.82, 2.24) is 10.3 Å². The Morgan fingerprint density at radius 1 is 1.31 bits per heavy atom. The minimum atomic E-state index is -1.19. The van der Waals surface area contributed by atoms with E-state index in [1.54, 1.807) is 18.2 Å². The molecule has 3 aromatic rings. The SMILES string of the molecule is Cc1ccccc1NC(C(=O)C(OCCCC(=O)[O-])[C@@H]1C[C@H](F)CN1)c1ccc2ncoc2c1.[Na+]. The Labute approximate surface area is 224 Å². The van der Waals surface area contributed by atoms with Gasteiger partial charge in [0.05, 0.1) is 0 Å². The molecule has 1 aliphatic rings. The van der Waals surface area contributed by atoms with Crippen molar-refractivity contribution in [2.75, 3.05) is 18.5 Å². The number of para-hydroxylation sites is 1. The Kier molecular flexibility index (Phi) is 9.82. The first-order valence-electron chi connectivity index (χ1n) is 11.3. The average molecular weight is 491 g/mol. The number of carboxylic acid groups (broad SMARTS) is 1.